The lowest BCUT2D eigenvalue weighted by Gasteiger charge is -2.33. The Morgan fingerprint density at radius 2 is 1.56 bits per heavy atom. The SMILES string of the molecule is COc1ccc(/C(C)=N\NC(=O)COc2ccc(C(C)(C)CC(C)(C)C)cc2[N+](=O)[O-])cc1[N+](=O)[O-]. The molecular formula is C25H32N4O7. The van der Waals surface area contributed by atoms with Gasteiger partial charge in [0, 0.05) is 17.7 Å². The summed E-state index contributed by atoms with van der Waals surface area (Å²) < 4.78 is 10.4. The third kappa shape index (κ3) is 7.49. The third-order valence-corrected chi connectivity index (χ3v) is 5.41. The molecule has 0 aromatic heterocycles. The van der Waals surface area contributed by atoms with E-state index in [4.69, 9.17) is 9.47 Å². The van der Waals surface area contributed by atoms with Crippen molar-refractivity contribution in [1.29, 1.82) is 0 Å². The molecule has 0 radical (unpaired) electrons. The Hall–Kier alpha value is -4.02. The Morgan fingerprint density at radius 3 is 2.11 bits per heavy atom. The first-order valence-corrected chi connectivity index (χ1v) is 11.2. The van der Waals surface area contributed by atoms with Crippen molar-refractivity contribution in [3.05, 3.63) is 67.8 Å². The quantitative estimate of drug-likeness (QED) is 0.270. The van der Waals surface area contributed by atoms with Gasteiger partial charge in [0.25, 0.3) is 5.91 Å². The number of methoxy groups -OCH3 is 1. The molecule has 1 N–H and O–H groups in total. The minimum atomic E-state index is -0.649. The van der Waals surface area contributed by atoms with Crippen molar-refractivity contribution in [1.82, 2.24) is 5.43 Å². The van der Waals surface area contributed by atoms with Gasteiger partial charge in [0.15, 0.2) is 18.1 Å². The van der Waals surface area contributed by atoms with Crippen LogP contribution >= 0.6 is 0 Å². The maximum atomic E-state index is 12.3. The normalized spacial score (nSPS) is 12.1. The third-order valence-electron chi connectivity index (χ3n) is 5.41. The number of benzene rings is 2. The summed E-state index contributed by atoms with van der Waals surface area (Å²) in [4.78, 5) is 34.0. The van der Waals surface area contributed by atoms with Crippen LogP contribution in [0, 0.1) is 25.6 Å². The average Bonchev–Trinajstić information content (AvgIpc) is 2.78. The van der Waals surface area contributed by atoms with E-state index in [1.807, 2.05) is 13.8 Å². The summed E-state index contributed by atoms with van der Waals surface area (Å²) >= 11 is 0. The van der Waals surface area contributed by atoms with Crippen LogP contribution in [-0.4, -0.2) is 35.2 Å². The number of hydrogen-bond acceptors (Lipinski definition) is 8. The molecule has 0 spiro atoms. The van der Waals surface area contributed by atoms with Gasteiger partial charge in [-0.2, -0.15) is 5.10 Å². The van der Waals surface area contributed by atoms with E-state index in [2.05, 4.69) is 31.3 Å². The molecule has 2 rings (SSSR count). The topological polar surface area (TPSA) is 146 Å². The lowest BCUT2D eigenvalue weighted by Crippen LogP contribution is -2.26. The summed E-state index contributed by atoms with van der Waals surface area (Å²) in [6.07, 6.45) is 0.814. The number of hydrazone groups is 1. The molecule has 1 amide bonds. The van der Waals surface area contributed by atoms with Crippen LogP contribution < -0.4 is 14.9 Å². The molecule has 0 atom stereocenters. The molecule has 0 heterocycles. The van der Waals surface area contributed by atoms with Crippen LogP contribution in [0.15, 0.2) is 41.5 Å². The maximum absolute atomic E-state index is 12.3. The molecule has 11 nitrogen and oxygen atoms in total. The van der Waals surface area contributed by atoms with Gasteiger partial charge in [0.1, 0.15) is 0 Å². The van der Waals surface area contributed by atoms with Crippen LogP contribution in [0.2, 0.25) is 0 Å². The maximum Gasteiger partial charge on any atom is 0.311 e. The van der Waals surface area contributed by atoms with Crippen LogP contribution in [0.1, 0.15) is 59.1 Å². The van der Waals surface area contributed by atoms with E-state index in [1.54, 1.807) is 19.1 Å². The summed E-state index contributed by atoms with van der Waals surface area (Å²) in [5.41, 5.74) is 3.07. The fourth-order valence-corrected chi connectivity index (χ4v) is 4.08. The van der Waals surface area contributed by atoms with E-state index in [0.29, 0.717) is 11.3 Å². The molecule has 0 aliphatic heterocycles. The number of nitrogens with one attached hydrogen (secondary N) is 1. The number of ether oxygens (including phenoxy) is 2. The molecule has 2 aromatic rings. The van der Waals surface area contributed by atoms with Crippen LogP contribution in [0.3, 0.4) is 0 Å². The Bertz CT molecular complexity index is 1180. The van der Waals surface area contributed by atoms with Crippen LogP contribution in [0.5, 0.6) is 11.5 Å². The highest BCUT2D eigenvalue weighted by Gasteiger charge is 2.30. The van der Waals surface area contributed by atoms with Crippen molar-refractivity contribution >= 4 is 23.0 Å². The molecule has 0 aliphatic carbocycles. The van der Waals surface area contributed by atoms with E-state index in [0.717, 1.165) is 12.0 Å². The highest BCUT2D eigenvalue weighted by atomic mass is 16.6. The lowest BCUT2D eigenvalue weighted by atomic mass is 9.72. The highest BCUT2D eigenvalue weighted by Crippen LogP contribution is 2.39. The molecule has 0 saturated carbocycles. The minimum Gasteiger partial charge on any atom is -0.490 e. The summed E-state index contributed by atoms with van der Waals surface area (Å²) in [7, 11) is 1.33. The van der Waals surface area contributed by atoms with Gasteiger partial charge in [-0.05, 0) is 47.9 Å². The summed E-state index contributed by atoms with van der Waals surface area (Å²) in [6.45, 7) is 11.4. The summed E-state index contributed by atoms with van der Waals surface area (Å²) in [6, 6.07) is 9.04. The standard InChI is InChI=1S/C25H32N4O7/c1-16(17-8-10-21(35-7)19(12-17)28(31)32)26-27-23(30)14-36-22-11-9-18(13-20(22)29(33)34)25(5,6)15-24(2,3)4/h8-13H,14-15H2,1-7H3,(H,27,30)/b26-16-. The lowest BCUT2D eigenvalue weighted by molar-refractivity contribution is -0.386. The van der Waals surface area contributed by atoms with Crippen molar-refractivity contribution in [2.75, 3.05) is 13.7 Å². The van der Waals surface area contributed by atoms with Crippen LogP contribution in [0.25, 0.3) is 0 Å². The highest BCUT2D eigenvalue weighted by molar-refractivity contribution is 6.00. The molecule has 0 aliphatic rings. The van der Waals surface area contributed by atoms with Crippen LogP contribution in [0.4, 0.5) is 11.4 Å². The smallest absolute Gasteiger partial charge is 0.311 e. The minimum absolute atomic E-state index is 0.0287. The van der Waals surface area contributed by atoms with E-state index < -0.39 is 22.4 Å². The first kappa shape index (κ1) is 28.2. The molecule has 0 fully saturated rings. The second kappa shape index (κ2) is 11.1. The first-order chi connectivity index (χ1) is 16.6. The number of nitro groups is 2. The van der Waals surface area contributed by atoms with Gasteiger partial charge < -0.3 is 9.47 Å². The van der Waals surface area contributed by atoms with Gasteiger partial charge in [-0.15, -0.1) is 0 Å². The largest absolute Gasteiger partial charge is 0.490 e. The molecule has 0 bridgehead atoms. The Balaban J connectivity index is 2.12. The molecule has 11 heteroatoms. The molecule has 0 saturated heterocycles. The van der Waals surface area contributed by atoms with Crippen molar-refractivity contribution in [3.63, 3.8) is 0 Å². The second-order valence-corrected chi connectivity index (χ2v) is 10.2. The number of rotatable bonds is 10. The first-order valence-electron chi connectivity index (χ1n) is 11.2. The van der Waals surface area contributed by atoms with Gasteiger partial charge in [-0.25, -0.2) is 5.43 Å². The fourth-order valence-electron chi connectivity index (χ4n) is 4.08. The van der Waals surface area contributed by atoms with E-state index in [-0.39, 0.29) is 33.7 Å². The number of nitro benzene ring substituents is 2. The van der Waals surface area contributed by atoms with Gasteiger partial charge in [-0.1, -0.05) is 40.7 Å². The summed E-state index contributed by atoms with van der Waals surface area (Å²) in [5.74, 6) is -0.580. The van der Waals surface area contributed by atoms with Gasteiger partial charge >= 0.3 is 11.4 Å². The van der Waals surface area contributed by atoms with Crippen LogP contribution in [-0.2, 0) is 10.2 Å². The number of amides is 1. The molecule has 0 unspecified atom stereocenters. The number of carbonyl (C=O) groups excluding carboxylic acids is 1. The predicted molar refractivity (Wildman–Crippen MR) is 136 cm³/mol. The van der Waals surface area contributed by atoms with Crippen molar-refractivity contribution in [2.45, 2.75) is 53.4 Å². The Labute approximate surface area is 209 Å². The van der Waals surface area contributed by atoms with Crippen molar-refractivity contribution in [2.24, 2.45) is 10.5 Å². The zero-order valence-corrected chi connectivity index (χ0v) is 21.6. The number of nitrogens with zero attached hydrogens (tertiary/aromatic N) is 3. The van der Waals surface area contributed by atoms with Crippen molar-refractivity contribution < 1.29 is 24.1 Å². The van der Waals surface area contributed by atoms with E-state index in [9.17, 15) is 25.0 Å². The molecule has 36 heavy (non-hydrogen) atoms. The zero-order valence-electron chi connectivity index (χ0n) is 21.6. The molecular weight excluding hydrogens is 468 g/mol. The molecule has 194 valence electrons. The van der Waals surface area contributed by atoms with E-state index in [1.165, 1.54) is 31.4 Å². The van der Waals surface area contributed by atoms with Gasteiger partial charge in [0.05, 0.1) is 22.7 Å². The van der Waals surface area contributed by atoms with Crippen molar-refractivity contribution in [3.8, 4) is 11.5 Å². The molecule has 2 aromatic carbocycles. The Morgan fingerprint density at radius 1 is 0.972 bits per heavy atom. The summed E-state index contributed by atoms with van der Waals surface area (Å²) in [5, 5.41) is 26.8. The average molecular weight is 501 g/mol. The Kier molecular flexibility index (Phi) is 8.74. The number of carbonyl (C=O) groups is 1. The van der Waals surface area contributed by atoms with Gasteiger partial charge in [-0.3, -0.25) is 25.0 Å². The zero-order chi connectivity index (χ0) is 27.3. The van der Waals surface area contributed by atoms with Gasteiger partial charge in [0.2, 0.25) is 0 Å². The number of hydrogen-bond donors (Lipinski definition) is 1. The fraction of sp³-hybridized carbons (Fsp3) is 0.440. The second-order valence-electron chi connectivity index (χ2n) is 10.2. The van der Waals surface area contributed by atoms with E-state index >= 15 is 0 Å². The monoisotopic (exact) mass is 500 g/mol. The predicted octanol–water partition coefficient (Wildman–Crippen LogP) is 5.14.